The summed E-state index contributed by atoms with van der Waals surface area (Å²) in [6.45, 7) is 3.61. The summed E-state index contributed by atoms with van der Waals surface area (Å²) >= 11 is 5.84. The molecule has 0 atom stereocenters. The lowest BCUT2D eigenvalue weighted by atomic mass is 10.1. The van der Waals surface area contributed by atoms with Crippen LogP contribution in [0.4, 0.5) is 17.1 Å². The van der Waals surface area contributed by atoms with Crippen LogP contribution in [0.15, 0.2) is 42.5 Å². The molecule has 0 aromatic heterocycles. The van der Waals surface area contributed by atoms with Crippen molar-refractivity contribution in [1.29, 1.82) is 0 Å². The zero-order valence-electron chi connectivity index (χ0n) is 11.9. The molecule has 21 heavy (non-hydrogen) atoms. The third-order valence-corrected chi connectivity index (χ3v) is 3.01. The van der Waals surface area contributed by atoms with Gasteiger partial charge in [-0.15, -0.1) is 0 Å². The summed E-state index contributed by atoms with van der Waals surface area (Å²) in [4.78, 5) is 11.8. The van der Waals surface area contributed by atoms with E-state index in [1.165, 1.54) is 0 Å². The topological polar surface area (TPSA) is 64.3 Å². The number of nitrogens with one attached hydrogen (secondary N) is 1. The first-order valence-electron chi connectivity index (χ1n) is 6.59. The van der Waals surface area contributed by atoms with Gasteiger partial charge in [0, 0.05) is 10.7 Å². The smallest absolute Gasteiger partial charge is 0.338 e. The zero-order valence-corrected chi connectivity index (χ0v) is 12.6. The molecule has 5 heteroatoms. The lowest BCUT2D eigenvalue weighted by Gasteiger charge is -2.12. The van der Waals surface area contributed by atoms with E-state index in [1.54, 1.807) is 44.2 Å². The van der Waals surface area contributed by atoms with Crippen molar-refractivity contribution in [3.8, 4) is 0 Å². The van der Waals surface area contributed by atoms with Gasteiger partial charge in [-0.1, -0.05) is 11.6 Å². The van der Waals surface area contributed by atoms with Gasteiger partial charge in [0.25, 0.3) is 0 Å². The van der Waals surface area contributed by atoms with Gasteiger partial charge in [-0.25, -0.2) is 4.79 Å². The molecule has 0 spiro atoms. The van der Waals surface area contributed by atoms with Crippen molar-refractivity contribution in [2.75, 3.05) is 11.1 Å². The lowest BCUT2D eigenvalue weighted by Crippen LogP contribution is -2.12. The number of carbonyl (C=O) groups is 1. The molecule has 0 saturated carbocycles. The van der Waals surface area contributed by atoms with Crippen molar-refractivity contribution < 1.29 is 9.53 Å². The Bertz CT molecular complexity index is 639. The quantitative estimate of drug-likeness (QED) is 0.655. The average Bonchev–Trinajstić information content (AvgIpc) is 2.42. The van der Waals surface area contributed by atoms with Gasteiger partial charge in [0.15, 0.2) is 0 Å². The minimum atomic E-state index is -0.380. The molecule has 2 aromatic rings. The molecule has 0 aliphatic rings. The number of hydrogen-bond donors (Lipinski definition) is 2. The molecule has 0 aliphatic carbocycles. The van der Waals surface area contributed by atoms with Gasteiger partial charge >= 0.3 is 5.97 Å². The summed E-state index contributed by atoms with van der Waals surface area (Å²) in [5.74, 6) is -0.380. The van der Waals surface area contributed by atoms with Gasteiger partial charge in [-0.2, -0.15) is 0 Å². The van der Waals surface area contributed by atoms with E-state index >= 15 is 0 Å². The molecule has 3 N–H and O–H groups in total. The number of hydrogen-bond acceptors (Lipinski definition) is 4. The first-order valence-corrected chi connectivity index (χ1v) is 6.96. The van der Waals surface area contributed by atoms with E-state index in [1.807, 2.05) is 12.1 Å². The predicted octanol–water partition coefficient (Wildman–Crippen LogP) is 4.23. The van der Waals surface area contributed by atoms with Gasteiger partial charge < -0.3 is 15.8 Å². The first-order chi connectivity index (χ1) is 9.95. The van der Waals surface area contributed by atoms with Gasteiger partial charge in [0.05, 0.1) is 23.0 Å². The van der Waals surface area contributed by atoms with Crippen molar-refractivity contribution in [3.63, 3.8) is 0 Å². The summed E-state index contributed by atoms with van der Waals surface area (Å²) in [7, 11) is 0. The number of nitrogens with two attached hydrogens (primary N) is 1. The van der Waals surface area contributed by atoms with E-state index in [4.69, 9.17) is 22.1 Å². The Morgan fingerprint density at radius 3 is 2.43 bits per heavy atom. The molecular weight excluding hydrogens is 288 g/mol. The number of ether oxygens (including phenoxy) is 1. The molecule has 0 aliphatic heterocycles. The van der Waals surface area contributed by atoms with Crippen LogP contribution in [0.5, 0.6) is 0 Å². The minimum absolute atomic E-state index is 0.161. The predicted molar refractivity (Wildman–Crippen MR) is 86.1 cm³/mol. The number of esters is 1. The third-order valence-electron chi connectivity index (χ3n) is 2.75. The highest BCUT2D eigenvalue weighted by Crippen LogP contribution is 2.25. The highest BCUT2D eigenvalue weighted by atomic mass is 35.5. The Balaban J connectivity index is 2.15. The molecule has 4 nitrogen and oxygen atoms in total. The van der Waals surface area contributed by atoms with E-state index in [-0.39, 0.29) is 12.1 Å². The highest BCUT2D eigenvalue weighted by molar-refractivity contribution is 6.30. The maximum Gasteiger partial charge on any atom is 0.338 e. The van der Waals surface area contributed by atoms with Crippen LogP contribution in [0.25, 0.3) is 0 Å². The fourth-order valence-corrected chi connectivity index (χ4v) is 1.90. The van der Waals surface area contributed by atoms with E-state index < -0.39 is 0 Å². The number of rotatable bonds is 4. The minimum Gasteiger partial charge on any atom is -0.459 e. The lowest BCUT2D eigenvalue weighted by molar-refractivity contribution is 0.0378. The van der Waals surface area contributed by atoms with Crippen LogP contribution in [0.2, 0.25) is 5.02 Å². The Morgan fingerprint density at radius 1 is 1.19 bits per heavy atom. The molecule has 2 aromatic carbocycles. The summed E-state index contributed by atoms with van der Waals surface area (Å²) in [6, 6.07) is 12.3. The first kappa shape index (κ1) is 15.2. The number of carbonyl (C=O) groups excluding carboxylic acids is 1. The largest absolute Gasteiger partial charge is 0.459 e. The second-order valence-electron chi connectivity index (χ2n) is 4.89. The summed E-state index contributed by atoms with van der Waals surface area (Å²) in [5.41, 5.74) is 8.46. The number of anilines is 3. The van der Waals surface area contributed by atoms with Crippen molar-refractivity contribution in [1.82, 2.24) is 0 Å². The Hall–Kier alpha value is -2.20. The maximum absolute atomic E-state index is 11.8. The molecule has 0 radical (unpaired) electrons. The molecule has 2 rings (SSSR count). The van der Waals surface area contributed by atoms with Gasteiger partial charge in [-0.05, 0) is 56.3 Å². The summed E-state index contributed by atoms with van der Waals surface area (Å²) < 4.78 is 5.13. The fraction of sp³-hybridized carbons (Fsp3) is 0.188. The molecule has 110 valence electrons. The van der Waals surface area contributed by atoms with E-state index in [9.17, 15) is 4.79 Å². The van der Waals surface area contributed by atoms with Crippen LogP contribution >= 0.6 is 11.6 Å². The molecular formula is C16H17ClN2O2. The van der Waals surface area contributed by atoms with Crippen molar-refractivity contribution in [2.24, 2.45) is 0 Å². The van der Waals surface area contributed by atoms with Crippen molar-refractivity contribution in [3.05, 3.63) is 53.1 Å². The van der Waals surface area contributed by atoms with E-state index in [2.05, 4.69) is 5.32 Å². The van der Waals surface area contributed by atoms with Crippen LogP contribution in [0, 0.1) is 0 Å². The molecule has 0 heterocycles. The molecule has 0 fully saturated rings. The molecule has 0 unspecified atom stereocenters. The second kappa shape index (κ2) is 6.50. The SMILES string of the molecule is CC(C)OC(=O)c1ccc(Nc2ccc(Cl)cc2)c(N)c1. The van der Waals surface area contributed by atoms with Crippen molar-refractivity contribution >= 4 is 34.6 Å². The standard InChI is InChI=1S/C16H17ClN2O2/c1-10(2)21-16(20)11-3-8-15(14(18)9-11)19-13-6-4-12(17)5-7-13/h3-10,19H,18H2,1-2H3. The fourth-order valence-electron chi connectivity index (χ4n) is 1.77. The number of nitrogen functional groups attached to an aromatic ring is 1. The Kier molecular flexibility index (Phi) is 4.70. The average molecular weight is 305 g/mol. The maximum atomic E-state index is 11.8. The van der Waals surface area contributed by atoms with Crippen LogP contribution in [0.3, 0.4) is 0 Å². The van der Waals surface area contributed by atoms with Crippen molar-refractivity contribution in [2.45, 2.75) is 20.0 Å². The van der Waals surface area contributed by atoms with Crippen LogP contribution in [0.1, 0.15) is 24.2 Å². The monoisotopic (exact) mass is 304 g/mol. The van der Waals surface area contributed by atoms with Crippen LogP contribution in [-0.4, -0.2) is 12.1 Å². The van der Waals surface area contributed by atoms with Gasteiger partial charge in [0.1, 0.15) is 0 Å². The van der Waals surface area contributed by atoms with Gasteiger partial charge in [0.2, 0.25) is 0 Å². The normalized spacial score (nSPS) is 10.5. The van der Waals surface area contributed by atoms with E-state index in [0.29, 0.717) is 16.3 Å². The summed E-state index contributed by atoms with van der Waals surface area (Å²) in [6.07, 6.45) is -0.161. The van der Waals surface area contributed by atoms with Crippen LogP contribution < -0.4 is 11.1 Å². The van der Waals surface area contributed by atoms with Gasteiger partial charge in [-0.3, -0.25) is 0 Å². The molecule has 0 amide bonds. The third kappa shape index (κ3) is 4.13. The van der Waals surface area contributed by atoms with E-state index in [0.717, 1.165) is 11.4 Å². The zero-order chi connectivity index (χ0) is 15.4. The highest BCUT2D eigenvalue weighted by Gasteiger charge is 2.11. The number of benzene rings is 2. The second-order valence-corrected chi connectivity index (χ2v) is 5.32. The Labute approximate surface area is 128 Å². The number of halogens is 1. The molecule has 0 bridgehead atoms. The Morgan fingerprint density at radius 2 is 1.86 bits per heavy atom. The van der Waals surface area contributed by atoms with Crippen LogP contribution in [-0.2, 0) is 4.74 Å². The summed E-state index contributed by atoms with van der Waals surface area (Å²) in [5, 5.41) is 3.84. The molecule has 0 saturated heterocycles.